The van der Waals surface area contributed by atoms with Crippen LogP contribution in [0.4, 0.5) is 5.69 Å². The van der Waals surface area contributed by atoms with E-state index in [1.807, 2.05) is 27.7 Å². The van der Waals surface area contributed by atoms with Gasteiger partial charge in [-0.25, -0.2) is 4.68 Å². The lowest BCUT2D eigenvalue weighted by Gasteiger charge is -2.13. The molecule has 5 nitrogen and oxygen atoms in total. The van der Waals surface area contributed by atoms with Crippen LogP contribution in [0, 0.1) is 10.1 Å². The Morgan fingerprint density at radius 2 is 1.94 bits per heavy atom. The highest BCUT2D eigenvalue weighted by Gasteiger charge is 2.30. The van der Waals surface area contributed by atoms with Crippen molar-refractivity contribution in [1.29, 1.82) is 0 Å². The molecule has 0 saturated heterocycles. The third-order valence-corrected chi connectivity index (χ3v) is 3.22. The van der Waals surface area contributed by atoms with E-state index in [1.54, 1.807) is 4.68 Å². The fourth-order valence-electron chi connectivity index (χ4n) is 1.86. The Bertz CT molecular complexity index is 411. The lowest BCUT2D eigenvalue weighted by Crippen LogP contribution is -2.09. The molecule has 1 aromatic heterocycles. The Balaban J connectivity index is 3.35. The van der Waals surface area contributed by atoms with Crippen LogP contribution in [0.15, 0.2) is 0 Å². The summed E-state index contributed by atoms with van der Waals surface area (Å²) < 4.78 is 1.59. The van der Waals surface area contributed by atoms with Crippen LogP contribution in [0.5, 0.6) is 0 Å². The Hall–Kier alpha value is -1.10. The SMILES string of the molecule is CCC(CC)n1nc(C(C)C)c([N+](=O)[O-])c1Cl. The minimum atomic E-state index is -0.441. The molecule has 1 rings (SSSR count). The molecule has 0 amide bonds. The molecule has 0 saturated carbocycles. The first-order chi connectivity index (χ1) is 7.93. The van der Waals surface area contributed by atoms with E-state index in [2.05, 4.69) is 5.10 Å². The van der Waals surface area contributed by atoms with E-state index in [0.29, 0.717) is 5.69 Å². The monoisotopic (exact) mass is 259 g/mol. The average Bonchev–Trinajstić information content (AvgIpc) is 2.59. The number of nitro groups is 1. The standard InChI is InChI=1S/C11H18ClN3O2/c1-5-8(6-2)14-11(12)10(15(16)17)9(13-14)7(3)4/h7-8H,5-6H2,1-4H3. The van der Waals surface area contributed by atoms with Gasteiger partial charge in [0.1, 0.15) is 5.69 Å². The molecule has 0 aromatic carbocycles. The fourth-order valence-corrected chi connectivity index (χ4v) is 2.20. The van der Waals surface area contributed by atoms with Gasteiger partial charge in [-0.2, -0.15) is 5.10 Å². The van der Waals surface area contributed by atoms with Crippen LogP contribution >= 0.6 is 11.6 Å². The van der Waals surface area contributed by atoms with E-state index in [-0.39, 0.29) is 22.8 Å². The Labute approximate surface area is 106 Å². The van der Waals surface area contributed by atoms with Gasteiger partial charge in [0.15, 0.2) is 0 Å². The minimum absolute atomic E-state index is 0.0106. The molecule has 0 fully saturated rings. The second-order valence-corrected chi connectivity index (χ2v) is 4.71. The van der Waals surface area contributed by atoms with Gasteiger partial charge in [0.05, 0.1) is 11.0 Å². The van der Waals surface area contributed by atoms with Crippen molar-refractivity contribution in [3.05, 3.63) is 21.0 Å². The molecule has 0 atom stereocenters. The molecule has 0 unspecified atom stereocenters. The van der Waals surface area contributed by atoms with Gasteiger partial charge in [-0.15, -0.1) is 0 Å². The molecule has 0 N–H and O–H groups in total. The molecular weight excluding hydrogens is 242 g/mol. The first kappa shape index (κ1) is 14.0. The smallest absolute Gasteiger partial charge is 0.258 e. The van der Waals surface area contributed by atoms with Crippen molar-refractivity contribution in [3.8, 4) is 0 Å². The number of rotatable bonds is 5. The maximum atomic E-state index is 11.0. The molecule has 1 heterocycles. The number of aromatic nitrogens is 2. The van der Waals surface area contributed by atoms with Crippen LogP contribution in [0.1, 0.15) is 58.2 Å². The van der Waals surface area contributed by atoms with Gasteiger partial charge in [0.25, 0.3) is 0 Å². The molecule has 96 valence electrons. The maximum Gasteiger partial charge on any atom is 0.329 e. The van der Waals surface area contributed by atoms with Crippen LogP contribution in [0.25, 0.3) is 0 Å². The summed E-state index contributed by atoms with van der Waals surface area (Å²) in [5.41, 5.74) is 0.417. The topological polar surface area (TPSA) is 61.0 Å². The highest BCUT2D eigenvalue weighted by atomic mass is 35.5. The van der Waals surface area contributed by atoms with Crippen LogP contribution < -0.4 is 0 Å². The van der Waals surface area contributed by atoms with Crippen molar-refractivity contribution in [2.24, 2.45) is 0 Å². The number of nitrogens with zero attached hydrogens (tertiary/aromatic N) is 3. The Morgan fingerprint density at radius 3 is 2.24 bits per heavy atom. The third kappa shape index (κ3) is 2.60. The van der Waals surface area contributed by atoms with Crippen molar-refractivity contribution in [3.63, 3.8) is 0 Å². The average molecular weight is 260 g/mol. The summed E-state index contributed by atoms with van der Waals surface area (Å²) in [6, 6.07) is 0.119. The van der Waals surface area contributed by atoms with E-state index < -0.39 is 4.92 Å². The molecular formula is C11H18ClN3O2. The molecule has 0 spiro atoms. The van der Waals surface area contributed by atoms with Crippen molar-refractivity contribution in [2.45, 2.75) is 52.5 Å². The second kappa shape index (κ2) is 5.49. The maximum absolute atomic E-state index is 11.0. The second-order valence-electron chi connectivity index (χ2n) is 4.35. The normalized spacial score (nSPS) is 11.5. The van der Waals surface area contributed by atoms with Crippen LogP contribution in [-0.4, -0.2) is 14.7 Å². The van der Waals surface area contributed by atoms with Gasteiger partial charge in [-0.3, -0.25) is 10.1 Å². The quantitative estimate of drug-likeness (QED) is 0.595. The zero-order valence-electron chi connectivity index (χ0n) is 10.6. The van der Waals surface area contributed by atoms with Crippen molar-refractivity contribution in [2.75, 3.05) is 0 Å². The molecule has 6 heteroatoms. The third-order valence-electron chi connectivity index (χ3n) is 2.87. The summed E-state index contributed by atoms with van der Waals surface area (Å²) in [7, 11) is 0. The summed E-state index contributed by atoms with van der Waals surface area (Å²) >= 11 is 6.08. The number of hydrogen-bond acceptors (Lipinski definition) is 3. The summed E-state index contributed by atoms with van der Waals surface area (Å²) in [6.45, 7) is 7.80. The van der Waals surface area contributed by atoms with Gasteiger partial charge < -0.3 is 0 Å². The fraction of sp³-hybridized carbons (Fsp3) is 0.727. The van der Waals surface area contributed by atoms with Gasteiger partial charge in [-0.1, -0.05) is 39.3 Å². The number of hydrogen-bond donors (Lipinski definition) is 0. The molecule has 1 aromatic rings. The molecule has 17 heavy (non-hydrogen) atoms. The molecule has 0 radical (unpaired) electrons. The predicted octanol–water partition coefficient (Wildman–Crippen LogP) is 3.93. The van der Waals surface area contributed by atoms with Crippen LogP contribution in [0.2, 0.25) is 5.15 Å². The lowest BCUT2D eigenvalue weighted by atomic mass is 10.1. The van der Waals surface area contributed by atoms with Gasteiger partial charge in [-0.05, 0) is 12.8 Å². The van der Waals surface area contributed by atoms with E-state index in [4.69, 9.17) is 11.6 Å². The van der Waals surface area contributed by atoms with E-state index in [9.17, 15) is 10.1 Å². The van der Waals surface area contributed by atoms with Gasteiger partial charge in [0.2, 0.25) is 5.15 Å². The zero-order chi connectivity index (χ0) is 13.2. The Morgan fingerprint density at radius 1 is 1.41 bits per heavy atom. The summed E-state index contributed by atoms with van der Waals surface area (Å²) in [6.07, 6.45) is 1.71. The highest BCUT2D eigenvalue weighted by molar-refractivity contribution is 6.31. The predicted molar refractivity (Wildman–Crippen MR) is 67.6 cm³/mol. The molecule has 0 aliphatic carbocycles. The number of halogens is 1. The summed E-state index contributed by atoms with van der Waals surface area (Å²) in [5.74, 6) is -0.0106. The first-order valence-corrected chi connectivity index (χ1v) is 6.24. The minimum Gasteiger partial charge on any atom is -0.258 e. The molecule has 0 aliphatic heterocycles. The largest absolute Gasteiger partial charge is 0.329 e. The van der Waals surface area contributed by atoms with Crippen LogP contribution in [0.3, 0.4) is 0 Å². The van der Waals surface area contributed by atoms with Crippen molar-refractivity contribution < 1.29 is 4.92 Å². The van der Waals surface area contributed by atoms with Gasteiger partial charge >= 0.3 is 5.69 Å². The summed E-state index contributed by atoms with van der Waals surface area (Å²) in [4.78, 5) is 10.6. The van der Waals surface area contributed by atoms with Crippen molar-refractivity contribution >= 4 is 17.3 Å². The molecule has 0 aliphatic rings. The highest BCUT2D eigenvalue weighted by Crippen LogP contribution is 2.35. The Kier molecular flexibility index (Phi) is 4.51. The van der Waals surface area contributed by atoms with Crippen molar-refractivity contribution in [1.82, 2.24) is 9.78 Å². The van der Waals surface area contributed by atoms with Gasteiger partial charge in [0, 0.05) is 5.92 Å². The van der Waals surface area contributed by atoms with E-state index in [1.165, 1.54) is 0 Å². The molecule has 0 bridgehead atoms. The van der Waals surface area contributed by atoms with E-state index in [0.717, 1.165) is 12.8 Å². The zero-order valence-corrected chi connectivity index (χ0v) is 11.4. The lowest BCUT2D eigenvalue weighted by molar-refractivity contribution is -0.385. The van der Waals surface area contributed by atoms with E-state index >= 15 is 0 Å². The first-order valence-electron chi connectivity index (χ1n) is 5.86. The summed E-state index contributed by atoms with van der Waals surface area (Å²) in [5, 5.41) is 15.5. The van der Waals surface area contributed by atoms with Crippen LogP contribution in [-0.2, 0) is 0 Å².